The summed E-state index contributed by atoms with van der Waals surface area (Å²) < 4.78 is 0. The Balaban J connectivity index is 2.35. The Labute approximate surface area is 227 Å². The van der Waals surface area contributed by atoms with Gasteiger partial charge >= 0.3 is 0 Å². The van der Waals surface area contributed by atoms with E-state index in [9.17, 15) is 4.79 Å². The van der Waals surface area contributed by atoms with Crippen molar-refractivity contribution in [1.29, 1.82) is 0 Å². The third kappa shape index (κ3) is 14.2. The second kappa shape index (κ2) is 18.1. The highest BCUT2D eigenvalue weighted by Crippen LogP contribution is 2.26. The van der Waals surface area contributed by atoms with E-state index in [0.717, 1.165) is 70.1 Å². The topological polar surface area (TPSA) is 92.9 Å². The van der Waals surface area contributed by atoms with Crippen LogP contribution in [-0.2, 0) is 11.2 Å². The minimum atomic E-state index is -0.0863. The van der Waals surface area contributed by atoms with Crippen LogP contribution in [0.4, 0.5) is 5.82 Å². The number of aryl methyl sites for hydroxylation is 1. The average Bonchev–Trinajstić information content (AvgIpc) is 2.86. The summed E-state index contributed by atoms with van der Waals surface area (Å²) in [5.74, 6) is 0.390. The summed E-state index contributed by atoms with van der Waals surface area (Å²) in [6.45, 7) is 22.7. The number of hydrogen-bond acceptors (Lipinski definition) is 6. The molecule has 37 heavy (non-hydrogen) atoms. The number of amides is 1. The van der Waals surface area contributed by atoms with Gasteiger partial charge in [0.1, 0.15) is 0 Å². The molecule has 0 radical (unpaired) electrons. The lowest BCUT2D eigenvalue weighted by Gasteiger charge is -2.14. The van der Waals surface area contributed by atoms with Crippen molar-refractivity contribution in [2.24, 2.45) is 5.73 Å². The summed E-state index contributed by atoms with van der Waals surface area (Å²) >= 11 is 1.55. The molecule has 1 heterocycles. The standard InChI is InChI=1S/C30H43N5OS/c1-8-22(4)19-30(36)33-29-16-15-28(34-35-29)14-12-11-13-24(6)37-25(7)32-23(5)20-27(10-3)21-26(9-2)17-18-31/h8-10,15-16,21,32H,2,5-7,11-14,17-20,31H2,1,3-4H3,(H,33,35,36)/b22-8+,26-21+,27-10-. The molecule has 1 rings (SSSR count). The Morgan fingerprint density at radius 2 is 1.81 bits per heavy atom. The Kier molecular flexibility index (Phi) is 15.6. The van der Waals surface area contributed by atoms with Gasteiger partial charge in [-0.2, -0.15) is 5.10 Å². The number of rotatable bonds is 18. The van der Waals surface area contributed by atoms with E-state index in [0.29, 0.717) is 25.2 Å². The van der Waals surface area contributed by atoms with Gasteiger partial charge in [-0.15, -0.1) is 5.10 Å². The highest BCUT2D eigenvalue weighted by molar-refractivity contribution is 8.06. The molecule has 0 saturated heterocycles. The third-order valence-electron chi connectivity index (χ3n) is 5.50. The predicted octanol–water partition coefficient (Wildman–Crippen LogP) is 7.10. The van der Waals surface area contributed by atoms with Gasteiger partial charge in [0, 0.05) is 18.5 Å². The van der Waals surface area contributed by atoms with Crippen LogP contribution < -0.4 is 16.4 Å². The van der Waals surface area contributed by atoms with Gasteiger partial charge in [-0.25, -0.2) is 0 Å². The summed E-state index contributed by atoms with van der Waals surface area (Å²) in [4.78, 5) is 13.0. The van der Waals surface area contributed by atoms with Gasteiger partial charge in [0.15, 0.2) is 5.82 Å². The van der Waals surface area contributed by atoms with E-state index in [1.165, 1.54) is 0 Å². The van der Waals surface area contributed by atoms with E-state index in [1.807, 2.05) is 39.0 Å². The first kappa shape index (κ1) is 31.9. The minimum absolute atomic E-state index is 0.0863. The van der Waals surface area contributed by atoms with Crippen molar-refractivity contribution in [3.63, 3.8) is 0 Å². The molecule has 0 spiro atoms. The molecule has 0 unspecified atom stereocenters. The molecular formula is C30H43N5OS. The van der Waals surface area contributed by atoms with E-state index in [4.69, 9.17) is 5.73 Å². The first-order chi connectivity index (χ1) is 17.7. The number of unbranched alkanes of at least 4 members (excludes halogenated alkanes) is 1. The molecule has 6 nitrogen and oxygen atoms in total. The molecule has 0 aliphatic heterocycles. The predicted molar refractivity (Wildman–Crippen MR) is 161 cm³/mol. The molecular weight excluding hydrogens is 478 g/mol. The van der Waals surface area contributed by atoms with Crippen LogP contribution in [-0.4, -0.2) is 22.6 Å². The number of carbonyl (C=O) groups excluding carboxylic acids is 1. The smallest absolute Gasteiger partial charge is 0.229 e. The summed E-state index contributed by atoms with van der Waals surface area (Å²) in [7, 11) is 0. The van der Waals surface area contributed by atoms with Crippen LogP contribution in [0.1, 0.15) is 65.0 Å². The van der Waals surface area contributed by atoms with Crippen molar-refractivity contribution in [1.82, 2.24) is 15.5 Å². The molecule has 0 aliphatic carbocycles. The zero-order valence-electron chi connectivity index (χ0n) is 22.7. The van der Waals surface area contributed by atoms with Gasteiger partial charge in [0.25, 0.3) is 0 Å². The van der Waals surface area contributed by atoms with Crippen molar-refractivity contribution < 1.29 is 4.79 Å². The maximum Gasteiger partial charge on any atom is 0.229 e. The third-order valence-corrected chi connectivity index (χ3v) is 6.34. The van der Waals surface area contributed by atoms with Gasteiger partial charge in [-0.05, 0) is 87.6 Å². The Morgan fingerprint density at radius 1 is 1.05 bits per heavy atom. The fourth-order valence-corrected chi connectivity index (χ4v) is 4.13. The fraction of sp³-hybridized carbons (Fsp3) is 0.367. The maximum atomic E-state index is 12.0. The summed E-state index contributed by atoms with van der Waals surface area (Å²) in [6.07, 6.45) is 13.5. The monoisotopic (exact) mass is 521 g/mol. The maximum absolute atomic E-state index is 12.0. The number of allylic oxidation sites excluding steroid dienone is 6. The number of nitrogens with two attached hydrogens (primary N) is 1. The second-order valence-electron chi connectivity index (χ2n) is 8.77. The van der Waals surface area contributed by atoms with Gasteiger partial charge in [-0.3, -0.25) is 4.79 Å². The molecule has 1 aromatic rings. The fourth-order valence-electron chi connectivity index (χ4n) is 3.34. The van der Waals surface area contributed by atoms with Gasteiger partial charge in [0.05, 0.1) is 10.7 Å². The van der Waals surface area contributed by atoms with E-state index in [2.05, 4.69) is 59.3 Å². The van der Waals surface area contributed by atoms with Crippen molar-refractivity contribution >= 4 is 23.5 Å². The van der Waals surface area contributed by atoms with Crippen LogP contribution in [0.5, 0.6) is 0 Å². The lowest BCUT2D eigenvalue weighted by atomic mass is 10.0. The lowest BCUT2D eigenvalue weighted by Crippen LogP contribution is -2.13. The SMILES string of the molecule is C=C/C(=C\C(=C/C)CC(=C)NC(=C)SC(=C)CCCCc1ccc(NC(=O)C/C(C)=C/C)nn1)CCN. The minimum Gasteiger partial charge on any atom is -0.354 e. The van der Waals surface area contributed by atoms with Gasteiger partial charge in [-0.1, -0.05) is 68.0 Å². The number of aromatic nitrogens is 2. The molecule has 0 bridgehead atoms. The van der Waals surface area contributed by atoms with Crippen molar-refractivity contribution in [3.8, 4) is 0 Å². The Morgan fingerprint density at radius 3 is 2.41 bits per heavy atom. The zero-order valence-corrected chi connectivity index (χ0v) is 23.6. The first-order valence-electron chi connectivity index (χ1n) is 12.6. The van der Waals surface area contributed by atoms with Crippen LogP contribution in [0.3, 0.4) is 0 Å². The van der Waals surface area contributed by atoms with Crippen LogP contribution in [0.15, 0.2) is 95.1 Å². The van der Waals surface area contributed by atoms with E-state index >= 15 is 0 Å². The lowest BCUT2D eigenvalue weighted by molar-refractivity contribution is -0.115. The molecule has 7 heteroatoms. The van der Waals surface area contributed by atoms with Crippen LogP contribution in [0.25, 0.3) is 0 Å². The molecule has 0 atom stereocenters. The molecule has 0 saturated carbocycles. The number of nitrogens with one attached hydrogen (secondary N) is 2. The second-order valence-corrected chi connectivity index (χ2v) is 10.0. The molecule has 4 N–H and O–H groups in total. The Bertz CT molecular complexity index is 1030. The van der Waals surface area contributed by atoms with Crippen LogP contribution in [0, 0.1) is 0 Å². The quantitative estimate of drug-likeness (QED) is 0.108. The van der Waals surface area contributed by atoms with Crippen LogP contribution in [0.2, 0.25) is 0 Å². The first-order valence-corrected chi connectivity index (χ1v) is 13.4. The average molecular weight is 522 g/mol. The van der Waals surface area contributed by atoms with Crippen molar-refractivity contribution in [2.75, 3.05) is 11.9 Å². The highest BCUT2D eigenvalue weighted by Gasteiger charge is 2.07. The highest BCUT2D eigenvalue weighted by atomic mass is 32.2. The number of hydrogen-bond donors (Lipinski definition) is 3. The normalized spacial score (nSPS) is 12.2. The van der Waals surface area contributed by atoms with Crippen LogP contribution >= 0.6 is 11.8 Å². The molecule has 1 aromatic heterocycles. The molecule has 0 fully saturated rings. The van der Waals surface area contributed by atoms with Crippen molar-refractivity contribution in [3.05, 3.63) is 101 Å². The molecule has 1 amide bonds. The molecule has 0 aromatic carbocycles. The van der Waals surface area contributed by atoms with Crippen molar-refractivity contribution in [2.45, 2.75) is 65.7 Å². The number of thioether (sulfide) groups is 1. The van der Waals surface area contributed by atoms with E-state index in [1.54, 1.807) is 17.8 Å². The van der Waals surface area contributed by atoms with E-state index < -0.39 is 0 Å². The summed E-state index contributed by atoms with van der Waals surface area (Å²) in [5.41, 5.74) is 10.7. The molecule has 200 valence electrons. The number of nitrogens with zero attached hydrogens (tertiary/aromatic N) is 2. The Hall–Kier alpha value is -3.16. The summed E-state index contributed by atoms with van der Waals surface area (Å²) in [5, 5.41) is 15.2. The van der Waals surface area contributed by atoms with E-state index in [-0.39, 0.29) is 5.91 Å². The zero-order chi connectivity index (χ0) is 27.6. The largest absolute Gasteiger partial charge is 0.354 e. The van der Waals surface area contributed by atoms with Gasteiger partial charge < -0.3 is 16.4 Å². The number of anilines is 1. The van der Waals surface area contributed by atoms with Gasteiger partial charge in [0.2, 0.25) is 5.91 Å². The molecule has 0 aliphatic rings. The number of carbonyl (C=O) groups is 1. The summed E-state index contributed by atoms with van der Waals surface area (Å²) in [6, 6.07) is 3.71.